The highest BCUT2D eigenvalue weighted by Gasteiger charge is 2.39. The molecule has 10 rings (SSSR count). The number of methoxy groups -OCH3 is 2. The number of anilines is 2. The third kappa shape index (κ3) is 10.7. The lowest BCUT2D eigenvalue weighted by Gasteiger charge is -2.07. The smallest absolute Gasteiger partial charge is 0.420 e. The minimum Gasteiger partial charge on any atom is -0.497 e. The average Bonchev–Trinajstić information content (AvgIpc) is 4.25. The number of Topliss-reactive ketones (excluding diaryl/α,β-unsaturated/α-hetero) is 2. The number of aryl methyl sites for hydroxylation is 2. The molecule has 0 bridgehead atoms. The van der Waals surface area contributed by atoms with Gasteiger partial charge in [0.15, 0.2) is 18.7 Å². The zero-order valence-corrected chi connectivity index (χ0v) is 40.2. The number of aldehydes is 1. The zero-order valence-electron chi connectivity index (χ0n) is 40.2. The monoisotopic (exact) mass is 1040 g/mol. The minimum atomic E-state index is -4.66. The third-order valence-electron chi connectivity index (χ3n) is 11.5. The van der Waals surface area contributed by atoms with E-state index < -0.39 is 35.3 Å². The van der Waals surface area contributed by atoms with Gasteiger partial charge in [-0.15, -0.1) is 0 Å². The van der Waals surface area contributed by atoms with E-state index >= 15 is 0 Å². The molecule has 6 N–H and O–H groups in total. The number of rotatable bonds is 8. The molecule has 4 aromatic carbocycles. The van der Waals surface area contributed by atoms with Gasteiger partial charge in [0.05, 0.1) is 36.7 Å². The Kier molecular flexibility index (Phi) is 14.2. The molecule has 6 heterocycles. The molecule has 0 saturated heterocycles. The number of hydrogen-bond acceptors (Lipinski definition) is 11. The predicted octanol–water partition coefficient (Wildman–Crippen LogP) is 9.38. The highest BCUT2D eigenvalue weighted by atomic mass is 19.4. The summed E-state index contributed by atoms with van der Waals surface area (Å²) >= 11 is 0. The summed E-state index contributed by atoms with van der Waals surface area (Å²) in [5.74, 6) is 1.15. The number of benzene rings is 4. The summed E-state index contributed by atoms with van der Waals surface area (Å²) < 4.78 is 104. The molecule has 0 unspecified atom stereocenters. The van der Waals surface area contributed by atoms with E-state index in [0.29, 0.717) is 62.3 Å². The van der Waals surface area contributed by atoms with Crippen LogP contribution in [-0.4, -0.2) is 94.4 Å². The summed E-state index contributed by atoms with van der Waals surface area (Å²) in [5, 5.41) is 18.9. The number of ketones is 2. The van der Waals surface area contributed by atoms with E-state index in [2.05, 4.69) is 41.4 Å². The Hall–Kier alpha value is -9.55. The van der Waals surface area contributed by atoms with Gasteiger partial charge in [-0.1, -0.05) is 0 Å². The minimum absolute atomic E-state index is 0.0381. The molecule has 2 aliphatic heterocycles. The van der Waals surface area contributed by atoms with Crippen molar-refractivity contribution in [1.29, 1.82) is 0 Å². The van der Waals surface area contributed by atoms with Crippen molar-refractivity contribution < 1.29 is 69.3 Å². The molecule has 0 atom stereocenters. The summed E-state index contributed by atoms with van der Waals surface area (Å²) in [5.41, 5.74) is 0.746. The molecular formula is C50H42F6N10O9. The molecule has 0 aliphatic carbocycles. The molecule has 75 heavy (non-hydrogen) atoms. The lowest BCUT2D eigenvalue weighted by molar-refractivity contribution is -0.138. The maximum Gasteiger partial charge on any atom is 0.420 e. The second-order valence-electron chi connectivity index (χ2n) is 16.4. The number of H-pyrrole nitrogens is 2. The number of ether oxygens (including phenoxy) is 4. The van der Waals surface area contributed by atoms with E-state index in [-0.39, 0.29) is 69.4 Å². The first kappa shape index (κ1) is 51.8. The van der Waals surface area contributed by atoms with Crippen molar-refractivity contribution in [3.05, 3.63) is 124 Å². The largest absolute Gasteiger partial charge is 0.497 e. The predicted molar refractivity (Wildman–Crippen MR) is 261 cm³/mol. The van der Waals surface area contributed by atoms with Crippen molar-refractivity contribution in [2.45, 2.75) is 12.4 Å². The Morgan fingerprint density at radius 3 is 1.64 bits per heavy atom. The highest BCUT2D eigenvalue weighted by molar-refractivity contribution is 6.16. The zero-order chi connectivity index (χ0) is 54.1. The maximum absolute atomic E-state index is 13.8. The van der Waals surface area contributed by atoms with Crippen molar-refractivity contribution in [2.24, 2.45) is 14.1 Å². The van der Waals surface area contributed by atoms with E-state index in [0.717, 1.165) is 21.8 Å². The fourth-order valence-electron chi connectivity index (χ4n) is 8.00. The number of nitrogens with zero attached hydrogens (tertiary/aromatic N) is 4. The van der Waals surface area contributed by atoms with E-state index in [9.17, 15) is 50.3 Å². The third-order valence-corrected chi connectivity index (χ3v) is 11.5. The molecule has 2 aliphatic rings. The molecule has 4 amide bonds. The molecule has 388 valence electrons. The standard InChI is InChI=1S/C25H20F3N5O4.C15H12F3N3O2.C10H10N2O3/c1-29-24(35)30-12-4-7-19-16(8-12)23(34)20(37-19)10-15-14-9-13(36-3)5-6-18(14)31-21(15)22-17(25(26,27)28)11-33(2)32-22;1-21-6-11(15(16,17)18)14(20-21)13-10(7-22)9-5-8(23-2)3-4-12(9)19-13;1-11-10(14)12-6-2-3-9-7(4-6)8(13)5-15-9/h4-11,31H,1-3H3,(H2,29,30,35);3-7,19H,1-2H3;2-4H,5H2,1H3,(H2,11,12,14)/b20-10-;;. The number of aromatic nitrogens is 6. The first-order chi connectivity index (χ1) is 35.6. The molecule has 25 heteroatoms. The number of hydrogen-bond donors (Lipinski definition) is 6. The molecular weight excluding hydrogens is 999 g/mol. The summed E-state index contributed by atoms with van der Waals surface area (Å²) in [6, 6.07) is 18.6. The fraction of sp³-hybridized carbons (Fsp3) is 0.180. The fourth-order valence-corrected chi connectivity index (χ4v) is 8.00. The van der Waals surface area contributed by atoms with Crippen molar-refractivity contribution in [3.8, 4) is 45.8 Å². The first-order valence-corrected chi connectivity index (χ1v) is 22.1. The Morgan fingerprint density at radius 1 is 0.680 bits per heavy atom. The quantitative estimate of drug-likeness (QED) is 0.0476. The molecule has 4 aromatic heterocycles. The van der Waals surface area contributed by atoms with Crippen LogP contribution in [0.3, 0.4) is 0 Å². The lowest BCUT2D eigenvalue weighted by atomic mass is 10.0. The number of carbonyl (C=O) groups is 5. The number of aromatic amines is 2. The number of carbonyl (C=O) groups excluding carboxylic acids is 5. The second-order valence-corrected chi connectivity index (χ2v) is 16.4. The van der Waals surface area contributed by atoms with Crippen LogP contribution in [0, 0.1) is 0 Å². The Morgan fingerprint density at radius 2 is 1.16 bits per heavy atom. The molecule has 0 spiro atoms. The maximum atomic E-state index is 13.8. The van der Waals surface area contributed by atoms with E-state index in [4.69, 9.17) is 18.9 Å². The summed E-state index contributed by atoms with van der Waals surface area (Å²) in [6.45, 7) is 0.0821. The van der Waals surface area contributed by atoms with Gasteiger partial charge in [0.2, 0.25) is 11.6 Å². The average molecular weight is 1040 g/mol. The molecule has 0 radical (unpaired) electrons. The molecule has 8 aromatic rings. The van der Waals surface area contributed by atoms with Crippen LogP contribution in [0.1, 0.15) is 47.8 Å². The summed E-state index contributed by atoms with van der Waals surface area (Å²) in [7, 11) is 8.71. The van der Waals surface area contributed by atoms with E-state index in [1.807, 2.05) is 0 Å². The second kappa shape index (κ2) is 20.5. The summed E-state index contributed by atoms with van der Waals surface area (Å²) in [6.07, 6.45) is -5.55. The van der Waals surface area contributed by atoms with Gasteiger partial charge in [0.25, 0.3) is 0 Å². The topological polar surface area (TPSA) is 238 Å². The van der Waals surface area contributed by atoms with Crippen LogP contribution in [0.25, 0.3) is 50.7 Å². The van der Waals surface area contributed by atoms with Crippen LogP contribution >= 0.6 is 0 Å². The van der Waals surface area contributed by atoms with Gasteiger partial charge in [-0.2, -0.15) is 36.5 Å². The van der Waals surface area contributed by atoms with Gasteiger partial charge in [-0.05, 0) is 78.9 Å². The number of urea groups is 2. The first-order valence-electron chi connectivity index (χ1n) is 22.1. The number of halogens is 6. The highest BCUT2D eigenvalue weighted by Crippen LogP contribution is 2.43. The van der Waals surface area contributed by atoms with Crippen molar-refractivity contribution in [2.75, 3.05) is 45.6 Å². The summed E-state index contributed by atoms with van der Waals surface area (Å²) in [4.78, 5) is 64.5. The van der Waals surface area contributed by atoms with Gasteiger partial charge in [-0.3, -0.25) is 23.7 Å². The van der Waals surface area contributed by atoms with Crippen molar-refractivity contribution in [3.63, 3.8) is 0 Å². The number of allylic oxidation sites excluding steroid dienone is 1. The lowest BCUT2D eigenvalue weighted by Crippen LogP contribution is -2.24. The SMILES string of the molecule is CNC(=O)Nc1ccc2c(c1)C(=O)/C(=C/c1c(-c3nn(C)cc3C(F)(F)F)[nH]c3ccc(OC)cc13)O2.CNC(=O)Nc1ccc2c(c1)C(=O)CO2.COc1ccc2[nH]c(-c3nn(C)cc3C(F)(F)F)c(C=O)c2c1. The van der Waals surface area contributed by atoms with Gasteiger partial charge >= 0.3 is 24.4 Å². The number of amides is 4. The normalized spacial score (nSPS) is 13.2. The van der Waals surface area contributed by atoms with Crippen LogP contribution in [-0.2, 0) is 26.4 Å². The Labute approximate surface area is 419 Å². The van der Waals surface area contributed by atoms with Gasteiger partial charge in [0.1, 0.15) is 45.5 Å². The number of nitrogens with one attached hydrogen (secondary N) is 6. The van der Waals surface area contributed by atoms with Crippen LogP contribution in [0.4, 0.5) is 47.3 Å². The molecule has 0 saturated carbocycles. The van der Waals surface area contributed by atoms with Crippen LogP contribution in [0.15, 0.2) is 90.9 Å². The van der Waals surface area contributed by atoms with Crippen LogP contribution < -0.4 is 40.2 Å². The van der Waals surface area contributed by atoms with Crippen molar-refractivity contribution in [1.82, 2.24) is 40.2 Å². The van der Waals surface area contributed by atoms with Gasteiger partial charge in [-0.25, -0.2) is 9.59 Å². The van der Waals surface area contributed by atoms with Crippen molar-refractivity contribution >= 4 is 69.2 Å². The van der Waals surface area contributed by atoms with Crippen LogP contribution in [0.5, 0.6) is 23.0 Å². The van der Waals surface area contributed by atoms with Crippen LogP contribution in [0.2, 0.25) is 0 Å². The Bertz CT molecular complexity index is 3610. The number of alkyl halides is 6. The molecule has 19 nitrogen and oxygen atoms in total. The molecule has 0 fully saturated rings. The number of fused-ring (bicyclic) bond motifs is 4. The van der Waals surface area contributed by atoms with Gasteiger partial charge in [0, 0.05) is 84.9 Å². The van der Waals surface area contributed by atoms with E-state index in [1.54, 1.807) is 60.7 Å². The van der Waals surface area contributed by atoms with Gasteiger partial charge < -0.3 is 50.2 Å². The Balaban J connectivity index is 0.000000166. The van der Waals surface area contributed by atoms with E-state index in [1.165, 1.54) is 60.6 Å².